The Morgan fingerprint density at radius 2 is 2.17 bits per heavy atom. The number of nitrogens with one attached hydrogen (secondary N) is 1. The van der Waals surface area contributed by atoms with Gasteiger partial charge in [-0.15, -0.1) is 11.3 Å². The highest BCUT2D eigenvalue weighted by atomic mass is 32.1. The fourth-order valence-electron chi connectivity index (χ4n) is 4.08. The maximum Gasteiger partial charge on any atom is 0.229 e. The third-order valence-electron chi connectivity index (χ3n) is 5.38. The molecule has 128 valence electrons. The first-order valence-electron chi connectivity index (χ1n) is 8.51. The second kappa shape index (κ2) is 5.97. The van der Waals surface area contributed by atoms with Gasteiger partial charge in [0.15, 0.2) is 0 Å². The van der Waals surface area contributed by atoms with E-state index in [4.69, 9.17) is 0 Å². The normalized spacial score (nSPS) is 20.3. The van der Waals surface area contributed by atoms with Crippen LogP contribution in [0.3, 0.4) is 0 Å². The van der Waals surface area contributed by atoms with Crippen LogP contribution < -0.4 is 0 Å². The minimum Gasteiger partial charge on any atom is -0.348 e. The maximum atomic E-state index is 13.1. The van der Waals surface area contributed by atoms with Crippen molar-refractivity contribution in [1.29, 1.82) is 0 Å². The summed E-state index contributed by atoms with van der Waals surface area (Å²) in [5, 5.41) is 3.01. The Labute approximate surface area is 145 Å². The predicted molar refractivity (Wildman–Crippen MR) is 93.0 cm³/mol. The zero-order valence-corrected chi connectivity index (χ0v) is 15.0. The smallest absolute Gasteiger partial charge is 0.229 e. The van der Waals surface area contributed by atoms with Gasteiger partial charge in [0.1, 0.15) is 0 Å². The van der Waals surface area contributed by atoms with Crippen molar-refractivity contribution in [3.8, 4) is 0 Å². The Kier molecular flexibility index (Phi) is 3.92. The lowest BCUT2D eigenvalue weighted by Crippen LogP contribution is -2.58. The van der Waals surface area contributed by atoms with E-state index in [9.17, 15) is 4.79 Å². The molecule has 0 saturated carbocycles. The monoisotopic (exact) mass is 345 g/mol. The summed E-state index contributed by atoms with van der Waals surface area (Å²) in [4.78, 5) is 29.9. The van der Waals surface area contributed by atoms with E-state index < -0.39 is 0 Å². The van der Waals surface area contributed by atoms with Crippen LogP contribution in [0.5, 0.6) is 0 Å². The van der Waals surface area contributed by atoms with Crippen LogP contribution in [0.25, 0.3) is 0 Å². The molecule has 1 N–H and O–H groups in total. The van der Waals surface area contributed by atoms with Crippen molar-refractivity contribution in [1.82, 2.24) is 24.8 Å². The molecule has 1 saturated heterocycles. The molecule has 0 aliphatic carbocycles. The molecule has 0 radical (unpaired) electrons. The largest absolute Gasteiger partial charge is 0.348 e. The van der Waals surface area contributed by atoms with Gasteiger partial charge in [0.05, 0.1) is 34.7 Å². The van der Waals surface area contributed by atoms with E-state index >= 15 is 0 Å². The molecule has 7 heteroatoms. The number of hydrogen-bond acceptors (Lipinski definition) is 5. The first-order valence-corrected chi connectivity index (χ1v) is 9.39. The molecule has 24 heavy (non-hydrogen) atoms. The molecule has 6 nitrogen and oxygen atoms in total. The van der Waals surface area contributed by atoms with Crippen LogP contribution in [-0.4, -0.2) is 57.3 Å². The number of aromatic nitrogens is 3. The van der Waals surface area contributed by atoms with Crippen LogP contribution in [0.4, 0.5) is 0 Å². The lowest BCUT2D eigenvalue weighted by molar-refractivity contribution is -0.141. The molecule has 1 amide bonds. The van der Waals surface area contributed by atoms with E-state index in [2.05, 4.69) is 31.8 Å². The first kappa shape index (κ1) is 15.8. The molecule has 1 fully saturated rings. The Morgan fingerprint density at radius 3 is 2.88 bits per heavy atom. The highest BCUT2D eigenvalue weighted by molar-refractivity contribution is 7.09. The van der Waals surface area contributed by atoms with Crippen molar-refractivity contribution in [2.45, 2.75) is 38.1 Å². The van der Waals surface area contributed by atoms with Crippen LogP contribution in [0, 0.1) is 6.92 Å². The second-order valence-corrected chi connectivity index (χ2v) is 7.96. The summed E-state index contributed by atoms with van der Waals surface area (Å²) in [5.41, 5.74) is 2.93. The lowest BCUT2D eigenvalue weighted by Gasteiger charge is -2.50. The number of carbonyl (C=O) groups excluding carboxylic acids is 1. The number of imidazole rings is 1. The van der Waals surface area contributed by atoms with Crippen LogP contribution in [-0.2, 0) is 23.2 Å². The van der Waals surface area contributed by atoms with Crippen LogP contribution in [0.2, 0.25) is 0 Å². The summed E-state index contributed by atoms with van der Waals surface area (Å²) < 4.78 is 0. The molecule has 2 aliphatic heterocycles. The van der Waals surface area contributed by atoms with E-state index in [0.29, 0.717) is 6.42 Å². The molecule has 0 unspecified atom stereocenters. The average Bonchev–Trinajstić information content (AvgIpc) is 3.20. The van der Waals surface area contributed by atoms with Crippen molar-refractivity contribution in [2.75, 3.05) is 26.7 Å². The van der Waals surface area contributed by atoms with Gasteiger partial charge < -0.3 is 14.8 Å². The maximum absolute atomic E-state index is 13.1. The number of likely N-dealkylation sites (tertiary alicyclic amines) is 1. The molecule has 2 aromatic heterocycles. The molecule has 0 atom stereocenters. The summed E-state index contributed by atoms with van der Waals surface area (Å²) in [6, 6.07) is 0. The van der Waals surface area contributed by atoms with Crippen molar-refractivity contribution in [3.05, 3.63) is 33.8 Å². The third kappa shape index (κ3) is 2.56. The molecule has 0 aromatic carbocycles. The molecular formula is C17H23N5OS. The molecular weight excluding hydrogens is 322 g/mol. The number of aromatic amines is 1. The minimum atomic E-state index is -0.248. The van der Waals surface area contributed by atoms with Crippen molar-refractivity contribution in [3.63, 3.8) is 0 Å². The van der Waals surface area contributed by atoms with E-state index in [-0.39, 0.29) is 11.4 Å². The highest BCUT2D eigenvalue weighted by Gasteiger charge is 2.48. The number of thiazole rings is 1. The SMILES string of the molecule is Cc1nc(CC(=O)N2CCc3[nH]cnc3C23CCN(C)CC3)cs1. The fourth-order valence-corrected chi connectivity index (χ4v) is 4.69. The summed E-state index contributed by atoms with van der Waals surface area (Å²) in [5.74, 6) is 0.179. The number of rotatable bonds is 2. The van der Waals surface area contributed by atoms with Gasteiger partial charge in [-0.3, -0.25) is 4.79 Å². The number of aryl methyl sites for hydroxylation is 1. The summed E-state index contributed by atoms with van der Waals surface area (Å²) in [6.07, 6.45) is 4.92. The Hall–Kier alpha value is -1.73. The number of hydrogen-bond donors (Lipinski definition) is 1. The zero-order valence-electron chi connectivity index (χ0n) is 14.2. The van der Waals surface area contributed by atoms with Gasteiger partial charge in [-0.25, -0.2) is 9.97 Å². The van der Waals surface area contributed by atoms with E-state index in [1.165, 1.54) is 5.69 Å². The second-order valence-electron chi connectivity index (χ2n) is 6.89. The Balaban J connectivity index is 1.65. The molecule has 4 heterocycles. The number of carbonyl (C=O) groups is 1. The zero-order chi connectivity index (χ0) is 16.7. The molecule has 4 rings (SSSR count). The molecule has 2 aliphatic rings. The number of H-pyrrole nitrogens is 1. The van der Waals surface area contributed by atoms with E-state index in [1.54, 1.807) is 17.7 Å². The van der Waals surface area contributed by atoms with Gasteiger partial charge in [-0.2, -0.15) is 0 Å². The predicted octanol–water partition coefficient (Wildman–Crippen LogP) is 1.72. The van der Waals surface area contributed by atoms with Gasteiger partial charge in [0, 0.05) is 37.1 Å². The Bertz CT molecular complexity index is 744. The van der Waals surface area contributed by atoms with Gasteiger partial charge in [0.2, 0.25) is 5.91 Å². The number of fused-ring (bicyclic) bond motifs is 2. The number of nitrogens with zero attached hydrogens (tertiary/aromatic N) is 4. The van der Waals surface area contributed by atoms with Crippen molar-refractivity contribution < 1.29 is 4.79 Å². The van der Waals surface area contributed by atoms with Crippen LogP contribution in [0.1, 0.15) is 34.9 Å². The lowest BCUT2D eigenvalue weighted by atomic mass is 9.78. The van der Waals surface area contributed by atoms with Crippen molar-refractivity contribution in [2.24, 2.45) is 0 Å². The molecule has 1 spiro atoms. The van der Waals surface area contributed by atoms with Gasteiger partial charge in [-0.1, -0.05) is 0 Å². The Morgan fingerprint density at radius 1 is 1.38 bits per heavy atom. The third-order valence-corrected chi connectivity index (χ3v) is 6.20. The van der Waals surface area contributed by atoms with E-state index in [0.717, 1.165) is 55.3 Å². The molecule has 2 aromatic rings. The van der Waals surface area contributed by atoms with Gasteiger partial charge in [-0.05, 0) is 26.8 Å². The number of piperidine rings is 1. The quantitative estimate of drug-likeness (QED) is 0.900. The minimum absolute atomic E-state index is 0.179. The topological polar surface area (TPSA) is 65.1 Å². The van der Waals surface area contributed by atoms with Gasteiger partial charge in [0.25, 0.3) is 0 Å². The molecule has 0 bridgehead atoms. The summed E-state index contributed by atoms with van der Waals surface area (Å²) >= 11 is 1.60. The van der Waals surface area contributed by atoms with Gasteiger partial charge >= 0.3 is 0 Å². The van der Waals surface area contributed by atoms with Crippen LogP contribution in [0.15, 0.2) is 11.7 Å². The van der Waals surface area contributed by atoms with Crippen molar-refractivity contribution >= 4 is 17.2 Å². The standard InChI is InChI=1S/C17H23N5OS/c1-12-20-13(10-24-12)9-15(23)22-6-3-14-16(19-11-18-14)17(22)4-7-21(2)8-5-17/h10-11H,3-9H2,1-2H3,(H,18,19). The summed E-state index contributed by atoms with van der Waals surface area (Å²) in [6.45, 7) is 4.73. The fraction of sp³-hybridized carbons (Fsp3) is 0.588. The average molecular weight is 345 g/mol. The number of amides is 1. The first-order chi connectivity index (χ1) is 11.6. The van der Waals surface area contributed by atoms with E-state index in [1.807, 2.05) is 12.3 Å². The van der Waals surface area contributed by atoms with Crippen LogP contribution >= 0.6 is 11.3 Å². The highest BCUT2D eigenvalue weighted by Crippen LogP contribution is 2.42. The summed E-state index contributed by atoms with van der Waals surface area (Å²) in [7, 11) is 2.14.